The second-order valence-corrected chi connectivity index (χ2v) is 3.83. The Balaban J connectivity index is 2.21. The Hall–Kier alpha value is -2.01. The van der Waals surface area contributed by atoms with Gasteiger partial charge in [-0.05, 0) is 24.3 Å². The molecule has 1 aromatic carbocycles. The molecule has 1 aromatic heterocycles. The molecule has 0 bridgehead atoms. The van der Waals surface area contributed by atoms with E-state index in [-0.39, 0.29) is 16.3 Å². The molecule has 18 heavy (non-hydrogen) atoms. The number of hydrogen-bond acceptors (Lipinski definition) is 2. The molecule has 0 spiro atoms. The molecule has 92 valence electrons. The fourth-order valence-corrected chi connectivity index (χ4v) is 1.48. The average molecular weight is 269 g/mol. The summed E-state index contributed by atoms with van der Waals surface area (Å²) in [7, 11) is 0. The minimum atomic E-state index is -0.720. The van der Waals surface area contributed by atoms with E-state index in [1.807, 2.05) is 0 Å². The number of hydrogen-bond donors (Lipinski definition) is 1. The van der Waals surface area contributed by atoms with Gasteiger partial charge in [0.25, 0.3) is 5.91 Å². The lowest BCUT2D eigenvalue weighted by Gasteiger charge is -2.06. The summed E-state index contributed by atoms with van der Waals surface area (Å²) in [5.41, 5.74) is 0.0765. The van der Waals surface area contributed by atoms with Crippen LogP contribution in [0.2, 0.25) is 5.02 Å². The Morgan fingerprint density at radius 1 is 1.22 bits per heavy atom. The highest BCUT2D eigenvalue weighted by Crippen LogP contribution is 2.22. The SMILES string of the molecule is O=C(Nc1cccc(Cl)c1F)c1ccc(F)nc1. The number of benzene rings is 1. The van der Waals surface area contributed by atoms with Crippen molar-refractivity contribution in [2.24, 2.45) is 0 Å². The first-order valence-electron chi connectivity index (χ1n) is 4.95. The molecule has 6 heteroatoms. The van der Waals surface area contributed by atoms with Crippen LogP contribution in [-0.2, 0) is 0 Å². The fourth-order valence-electron chi connectivity index (χ4n) is 1.30. The standard InChI is InChI=1S/C12H7ClF2N2O/c13-8-2-1-3-9(11(8)15)17-12(18)7-4-5-10(14)16-6-7/h1-6H,(H,17,18). The Bertz CT molecular complexity index is 587. The molecular weight excluding hydrogens is 262 g/mol. The Morgan fingerprint density at radius 3 is 2.67 bits per heavy atom. The zero-order chi connectivity index (χ0) is 13.1. The first kappa shape index (κ1) is 12.4. The Morgan fingerprint density at radius 2 is 2.00 bits per heavy atom. The number of anilines is 1. The summed E-state index contributed by atoms with van der Waals surface area (Å²) in [4.78, 5) is 15.0. The quantitative estimate of drug-likeness (QED) is 0.850. The van der Waals surface area contributed by atoms with Crippen LogP contribution in [0.15, 0.2) is 36.5 Å². The zero-order valence-electron chi connectivity index (χ0n) is 8.95. The molecule has 0 aliphatic carbocycles. The third-order valence-corrected chi connectivity index (χ3v) is 2.48. The molecule has 0 saturated heterocycles. The van der Waals surface area contributed by atoms with Crippen LogP contribution in [0.3, 0.4) is 0 Å². The van der Waals surface area contributed by atoms with Crippen molar-refractivity contribution in [1.29, 1.82) is 0 Å². The van der Waals surface area contributed by atoms with Gasteiger partial charge in [-0.25, -0.2) is 9.37 Å². The Kier molecular flexibility index (Phi) is 3.53. The molecule has 2 aromatic rings. The topological polar surface area (TPSA) is 42.0 Å². The van der Waals surface area contributed by atoms with Crippen LogP contribution in [0.1, 0.15) is 10.4 Å². The zero-order valence-corrected chi connectivity index (χ0v) is 9.71. The maximum absolute atomic E-state index is 13.5. The van der Waals surface area contributed by atoms with Crippen molar-refractivity contribution < 1.29 is 13.6 Å². The number of carbonyl (C=O) groups excluding carboxylic acids is 1. The van der Waals surface area contributed by atoms with Crippen LogP contribution in [0.4, 0.5) is 14.5 Å². The van der Waals surface area contributed by atoms with Gasteiger partial charge in [0, 0.05) is 6.20 Å². The maximum Gasteiger partial charge on any atom is 0.257 e. The summed E-state index contributed by atoms with van der Waals surface area (Å²) in [5, 5.41) is 2.23. The van der Waals surface area contributed by atoms with Gasteiger partial charge in [-0.15, -0.1) is 0 Å². The lowest BCUT2D eigenvalue weighted by Crippen LogP contribution is -2.13. The summed E-state index contributed by atoms with van der Waals surface area (Å²) in [6, 6.07) is 6.54. The molecule has 1 amide bonds. The highest BCUT2D eigenvalue weighted by molar-refractivity contribution is 6.31. The lowest BCUT2D eigenvalue weighted by atomic mass is 10.2. The van der Waals surface area contributed by atoms with Crippen molar-refractivity contribution in [2.45, 2.75) is 0 Å². The predicted molar refractivity (Wildman–Crippen MR) is 63.6 cm³/mol. The number of aromatic nitrogens is 1. The van der Waals surface area contributed by atoms with Crippen molar-refractivity contribution >= 4 is 23.2 Å². The van der Waals surface area contributed by atoms with E-state index in [0.717, 1.165) is 12.3 Å². The van der Waals surface area contributed by atoms with Gasteiger partial charge in [0.2, 0.25) is 5.95 Å². The highest BCUT2D eigenvalue weighted by Gasteiger charge is 2.11. The van der Waals surface area contributed by atoms with Crippen LogP contribution >= 0.6 is 11.6 Å². The van der Waals surface area contributed by atoms with Crippen molar-refractivity contribution in [3.05, 3.63) is 58.9 Å². The van der Waals surface area contributed by atoms with Crippen LogP contribution in [0, 0.1) is 11.8 Å². The molecule has 0 saturated carbocycles. The third-order valence-electron chi connectivity index (χ3n) is 2.19. The number of carbonyl (C=O) groups is 1. The molecule has 1 heterocycles. The minimum absolute atomic E-state index is 0.0446. The van der Waals surface area contributed by atoms with E-state index in [2.05, 4.69) is 10.3 Å². The average Bonchev–Trinajstić information content (AvgIpc) is 2.36. The summed E-state index contributed by atoms with van der Waals surface area (Å²) >= 11 is 5.58. The maximum atomic E-state index is 13.5. The second kappa shape index (κ2) is 5.10. The van der Waals surface area contributed by atoms with E-state index in [4.69, 9.17) is 11.6 Å². The minimum Gasteiger partial charge on any atom is -0.319 e. The monoisotopic (exact) mass is 268 g/mol. The summed E-state index contributed by atoms with van der Waals surface area (Å²) in [5.74, 6) is -2.01. The normalized spacial score (nSPS) is 10.2. The lowest BCUT2D eigenvalue weighted by molar-refractivity contribution is 0.102. The smallest absolute Gasteiger partial charge is 0.257 e. The van der Waals surface area contributed by atoms with E-state index >= 15 is 0 Å². The number of nitrogens with zero attached hydrogens (tertiary/aromatic N) is 1. The van der Waals surface area contributed by atoms with E-state index < -0.39 is 17.7 Å². The van der Waals surface area contributed by atoms with Crippen LogP contribution in [0.5, 0.6) is 0 Å². The molecule has 0 radical (unpaired) electrons. The molecule has 0 unspecified atom stereocenters. The van der Waals surface area contributed by atoms with Crippen LogP contribution in [0.25, 0.3) is 0 Å². The molecule has 2 rings (SSSR count). The van der Waals surface area contributed by atoms with Crippen molar-refractivity contribution in [1.82, 2.24) is 4.98 Å². The van der Waals surface area contributed by atoms with Gasteiger partial charge in [0.15, 0.2) is 5.82 Å². The van der Waals surface area contributed by atoms with Crippen molar-refractivity contribution in [3.8, 4) is 0 Å². The summed E-state index contributed by atoms with van der Waals surface area (Å²) < 4.78 is 26.1. The predicted octanol–water partition coefficient (Wildman–Crippen LogP) is 3.27. The molecular formula is C12H7ClF2N2O. The van der Waals surface area contributed by atoms with Gasteiger partial charge in [-0.1, -0.05) is 17.7 Å². The second-order valence-electron chi connectivity index (χ2n) is 3.43. The van der Waals surface area contributed by atoms with Gasteiger partial charge in [-0.2, -0.15) is 4.39 Å². The largest absolute Gasteiger partial charge is 0.319 e. The van der Waals surface area contributed by atoms with Crippen LogP contribution < -0.4 is 5.32 Å². The number of pyridine rings is 1. The number of halogens is 3. The summed E-state index contributed by atoms with van der Waals surface area (Å²) in [6.07, 6.45) is 1.06. The first-order valence-corrected chi connectivity index (χ1v) is 5.32. The number of rotatable bonds is 2. The van der Waals surface area contributed by atoms with E-state index in [0.29, 0.717) is 0 Å². The van der Waals surface area contributed by atoms with Gasteiger partial charge in [-0.3, -0.25) is 4.79 Å². The van der Waals surface area contributed by atoms with Gasteiger partial charge < -0.3 is 5.32 Å². The molecule has 0 atom stereocenters. The molecule has 3 nitrogen and oxygen atoms in total. The van der Waals surface area contributed by atoms with E-state index in [1.165, 1.54) is 24.3 Å². The van der Waals surface area contributed by atoms with Gasteiger partial charge in [0.05, 0.1) is 16.3 Å². The number of nitrogens with one attached hydrogen (secondary N) is 1. The summed E-state index contributed by atoms with van der Waals surface area (Å²) in [6.45, 7) is 0. The highest BCUT2D eigenvalue weighted by atomic mass is 35.5. The molecule has 0 aliphatic heterocycles. The molecule has 1 N–H and O–H groups in total. The van der Waals surface area contributed by atoms with E-state index in [1.54, 1.807) is 0 Å². The van der Waals surface area contributed by atoms with Crippen molar-refractivity contribution in [2.75, 3.05) is 5.32 Å². The van der Waals surface area contributed by atoms with Gasteiger partial charge in [0.1, 0.15) is 0 Å². The van der Waals surface area contributed by atoms with Gasteiger partial charge >= 0.3 is 0 Å². The Labute approximate surface area is 106 Å². The fraction of sp³-hybridized carbons (Fsp3) is 0. The number of amides is 1. The molecule has 0 fully saturated rings. The third kappa shape index (κ3) is 2.62. The van der Waals surface area contributed by atoms with Crippen LogP contribution in [-0.4, -0.2) is 10.9 Å². The van der Waals surface area contributed by atoms with Crippen molar-refractivity contribution in [3.63, 3.8) is 0 Å². The first-order chi connectivity index (χ1) is 8.58. The van der Waals surface area contributed by atoms with E-state index in [9.17, 15) is 13.6 Å². The molecule has 0 aliphatic rings.